The molecule has 5 nitrogen and oxygen atoms in total. The lowest BCUT2D eigenvalue weighted by molar-refractivity contribution is 0.522. The standard InChI is InChI=1S/C14H21N5S/c1-11(15-9-14(2,3)20-4)12-6-5-7-13(8-12)19-10-16-17-18-19/h5-8,10-11,15H,9H2,1-4H3. The number of benzene rings is 1. The van der Waals surface area contributed by atoms with E-state index in [1.807, 2.05) is 23.9 Å². The van der Waals surface area contributed by atoms with E-state index in [0.29, 0.717) is 0 Å². The third-order valence-corrected chi connectivity index (χ3v) is 4.62. The van der Waals surface area contributed by atoms with E-state index in [1.54, 1.807) is 11.0 Å². The Morgan fingerprint density at radius 2 is 2.20 bits per heavy atom. The molecule has 0 bridgehead atoms. The Balaban J connectivity index is 2.07. The van der Waals surface area contributed by atoms with Crippen LogP contribution in [0, 0.1) is 0 Å². The Morgan fingerprint density at radius 1 is 1.40 bits per heavy atom. The van der Waals surface area contributed by atoms with Crippen molar-refractivity contribution in [2.45, 2.75) is 31.6 Å². The van der Waals surface area contributed by atoms with Crippen LogP contribution in [0.4, 0.5) is 0 Å². The lowest BCUT2D eigenvalue weighted by Gasteiger charge is -2.25. The number of hydrogen-bond donors (Lipinski definition) is 1. The van der Waals surface area contributed by atoms with Gasteiger partial charge in [0.25, 0.3) is 0 Å². The van der Waals surface area contributed by atoms with Crippen molar-refractivity contribution in [2.24, 2.45) is 0 Å². The number of rotatable bonds is 6. The molecule has 6 heteroatoms. The first-order valence-electron chi connectivity index (χ1n) is 6.64. The van der Waals surface area contributed by atoms with E-state index in [0.717, 1.165) is 12.2 Å². The quantitative estimate of drug-likeness (QED) is 0.886. The molecule has 0 radical (unpaired) electrons. The molecular weight excluding hydrogens is 270 g/mol. The van der Waals surface area contributed by atoms with Gasteiger partial charge in [0.1, 0.15) is 6.33 Å². The number of aromatic nitrogens is 4. The minimum absolute atomic E-state index is 0.238. The number of tetrazole rings is 1. The van der Waals surface area contributed by atoms with Crippen LogP contribution in [-0.4, -0.2) is 37.8 Å². The highest BCUT2D eigenvalue weighted by atomic mass is 32.2. The molecular formula is C14H21N5S. The fraction of sp³-hybridized carbons (Fsp3) is 0.500. The fourth-order valence-corrected chi connectivity index (χ4v) is 2.03. The van der Waals surface area contributed by atoms with Gasteiger partial charge in [-0.25, -0.2) is 4.68 Å². The fourth-order valence-electron chi connectivity index (χ4n) is 1.81. The van der Waals surface area contributed by atoms with E-state index >= 15 is 0 Å². The Labute approximate surface area is 124 Å². The van der Waals surface area contributed by atoms with Crippen molar-refractivity contribution in [1.29, 1.82) is 0 Å². The van der Waals surface area contributed by atoms with Crippen molar-refractivity contribution in [3.8, 4) is 5.69 Å². The highest BCUT2D eigenvalue weighted by Crippen LogP contribution is 2.22. The van der Waals surface area contributed by atoms with Crippen LogP contribution in [0.15, 0.2) is 30.6 Å². The zero-order valence-corrected chi connectivity index (χ0v) is 13.2. The first kappa shape index (κ1) is 15.0. The first-order valence-corrected chi connectivity index (χ1v) is 7.86. The second-order valence-corrected chi connectivity index (χ2v) is 6.93. The van der Waals surface area contributed by atoms with Crippen LogP contribution < -0.4 is 5.32 Å². The predicted octanol–water partition coefficient (Wildman–Crippen LogP) is 2.45. The summed E-state index contributed by atoms with van der Waals surface area (Å²) in [4.78, 5) is 0. The Kier molecular flexibility index (Phi) is 4.77. The van der Waals surface area contributed by atoms with Gasteiger partial charge in [-0.15, -0.1) is 5.10 Å². The number of nitrogens with one attached hydrogen (secondary N) is 1. The molecule has 1 aromatic carbocycles. The summed E-state index contributed by atoms with van der Waals surface area (Å²) in [5.74, 6) is 0. The maximum atomic E-state index is 3.92. The molecule has 0 saturated carbocycles. The van der Waals surface area contributed by atoms with Crippen LogP contribution in [0.25, 0.3) is 5.69 Å². The molecule has 1 unspecified atom stereocenters. The van der Waals surface area contributed by atoms with E-state index in [9.17, 15) is 0 Å². The SMILES string of the molecule is CSC(C)(C)CNC(C)c1cccc(-n2cnnn2)c1. The minimum atomic E-state index is 0.238. The molecule has 0 aliphatic carbocycles. The summed E-state index contributed by atoms with van der Waals surface area (Å²) in [6.45, 7) is 7.63. The van der Waals surface area contributed by atoms with Gasteiger partial charge in [-0.05, 0) is 55.1 Å². The van der Waals surface area contributed by atoms with Crippen LogP contribution in [0.1, 0.15) is 32.4 Å². The van der Waals surface area contributed by atoms with Crippen LogP contribution >= 0.6 is 11.8 Å². The lowest BCUT2D eigenvalue weighted by atomic mass is 10.1. The van der Waals surface area contributed by atoms with Crippen molar-refractivity contribution < 1.29 is 0 Å². The Hall–Kier alpha value is -1.40. The highest BCUT2D eigenvalue weighted by Gasteiger charge is 2.17. The van der Waals surface area contributed by atoms with E-state index in [-0.39, 0.29) is 10.8 Å². The van der Waals surface area contributed by atoms with E-state index in [2.05, 4.69) is 60.0 Å². The van der Waals surface area contributed by atoms with Gasteiger partial charge in [0.15, 0.2) is 0 Å². The summed E-state index contributed by atoms with van der Waals surface area (Å²) in [7, 11) is 0. The molecule has 0 spiro atoms. The van der Waals surface area contributed by atoms with Crippen molar-refractivity contribution in [2.75, 3.05) is 12.8 Å². The zero-order valence-electron chi connectivity index (χ0n) is 12.4. The molecule has 1 heterocycles. The first-order chi connectivity index (χ1) is 9.52. The van der Waals surface area contributed by atoms with Crippen molar-refractivity contribution in [1.82, 2.24) is 25.5 Å². The summed E-state index contributed by atoms with van der Waals surface area (Å²) in [5, 5.41) is 14.8. The van der Waals surface area contributed by atoms with Crippen molar-refractivity contribution >= 4 is 11.8 Å². The van der Waals surface area contributed by atoms with Crippen LogP contribution in [0.2, 0.25) is 0 Å². The van der Waals surface area contributed by atoms with Crippen LogP contribution in [0.5, 0.6) is 0 Å². The van der Waals surface area contributed by atoms with E-state index in [1.165, 1.54) is 5.56 Å². The van der Waals surface area contributed by atoms with E-state index < -0.39 is 0 Å². The Morgan fingerprint density at radius 3 is 2.85 bits per heavy atom. The van der Waals surface area contributed by atoms with Gasteiger partial charge in [0.05, 0.1) is 5.69 Å². The Bertz CT molecular complexity index is 538. The van der Waals surface area contributed by atoms with Gasteiger partial charge in [0.2, 0.25) is 0 Å². The van der Waals surface area contributed by atoms with Gasteiger partial charge < -0.3 is 5.32 Å². The molecule has 20 heavy (non-hydrogen) atoms. The maximum Gasteiger partial charge on any atom is 0.143 e. The van der Waals surface area contributed by atoms with Gasteiger partial charge in [0, 0.05) is 17.3 Å². The molecule has 0 saturated heterocycles. The summed E-state index contributed by atoms with van der Waals surface area (Å²) < 4.78 is 1.91. The largest absolute Gasteiger partial charge is 0.309 e. The zero-order chi connectivity index (χ0) is 14.6. The average molecular weight is 291 g/mol. The van der Waals surface area contributed by atoms with E-state index in [4.69, 9.17) is 0 Å². The van der Waals surface area contributed by atoms with Gasteiger partial charge in [-0.1, -0.05) is 12.1 Å². The molecule has 1 atom stereocenters. The molecule has 0 amide bonds. The second-order valence-electron chi connectivity index (χ2n) is 5.42. The maximum absolute atomic E-state index is 3.92. The minimum Gasteiger partial charge on any atom is -0.309 e. The third-order valence-electron chi connectivity index (χ3n) is 3.37. The molecule has 1 aromatic heterocycles. The monoisotopic (exact) mass is 291 g/mol. The van der Waals surface area contributed by atoms with Gasteiger partial charge in [-0.2, -0.15) is 11.8 Å². The smallest absolute Gasteiger partial charge is 0.143 e. The molecule has 0 aliphatic rings. The van der Waals surface area contributed by atoms with Crippen LogP contribution in [-0.2, 0) is 0 Å². The highest BCUT2D eigenvalue weighted by molar-refractivity contribution is 7.99. The summed E-state index contributed by atoms with van der Waals surface area (Å²) in [6, 6.07) is 8.55. The molecule has 108 valence electrons. The van der Waals surface area contributed by atoms with Crippen LogP contribution in [0.3, 0.4) is 0 Å². The van der Waals surface area contributed by atoms with Gasteiger partial charge >= 0.3 is 0 Å². The topological polar surface area (TPSA) is 55.6 Å². The molecule has 1 N–H and O–H groups in total. The van der Waals surface area contributed by atoms with Crippen molar-refractivity contribution in [3.63, 3.8) is 0 Å². The summed E-state index contributed by atoms with van der Waals surface area (Å²) in [6.07, 6.45) is 3.75. The second kappa shape index (κ2) is 6.37. The molecule has 0 fully saturated rings. The number of hydrogen-bond acceptors (Lipinski definition) is 5. The van der Waals surface area contributed by atoms with Gasteiger partial charge in [-0.3, -0.25) is 0 Å². The summed E-state index contributed by atoms with van der Waals surface area (Å²) in [5.41, 5.74) is 2.21. The predicted molar refractivity (Wildman–Crippen MR) is 83.2 cm³/mol. The lowest BCUT2D eigenvalue weighted by Crippen LogP contribution is -2.33. The average Bonchev–Trinajstić information content (AvgIpc) is 2.99. The summed E-state index contributed by atoms with van der Waals surface area (Å²) >= 11 is 1.87. The number of thioether (sulfide) groups is 1. The molecule has 0 aliphatic heterocycles. The number of nitrogens with zero attached hydrogens (tertiary/aromatic N) is 4. The van der Waals surface area contributed by atoms with Crippen molar-refractivity contribution in [3.05, 3.63) is 36.2 Å². The molecule has 2 aromatic rings. The molecule has 2 rings (SSSR count). The third kappa shape index (κ3) is 3.80. The normalized spacial score (nSPS) is 13.4.